The van der Waals surface area contributed by atoms with Crippen LogP contribution >= 0.6 is 11.3 Å². The molecule has 0 saturated heterocycles. The number of carbonyl (C=O) groups excluding carboxylic acids is 1. The number of thiophene rings is 1. The number of benzene rings is 2. The van der Waals surface area contributed by atoms with E-state index in [9.17, 15) is 14.1 Å². The Kier molecular flexibility index (Phi) is 5.55. The molecular weight excluding hydrogens is 394 g/mol. The summed E-state index contributed by atoms with van der Waals surface area (Å²) in [6.07, 6.45) is 0.804. The van der Waals surface area contributed by atoms with Crippen molar-refractivity contribution in [3.05, 3.63) is 65.0 Å². The topological polar surface area (TPSA) is 116 Å². The maximum absolute atomic E-state index is 12.6. The van der Waals surface area contributed by atoms with Crippen molar-refractivity contribution in [3.63, 3.8) is 0 Å². The van der Waals surface area contributed by atoms with E-state index in [4.69, 9.17) is 10.5 Å². The summed E-state index contributed by atoms with van der Waals surface area (Å²) in [5.41, 5.74) is 8.20. The molecule has 28 heavy (non-hydrogen) atoms. The summed E-state index contributed by atoms with van der Waals surface area (Å²) in [5.74, 6) is -0.348. The molecule has 3 aromatic rings. The molecule has 0 aliphatic rings. The highest BCUT2D eigenvalue weighted by Crippen LogP contribution is 2.34. The van der Waals surface area contributed by atoms with E-state index in [0.717, 1.165) is 15.3 Å². The van der Waals surface area contributed by atoms with E-state index in [2.05, 4.69) is 5.32 Å². The van der Waals surface area contributed by atoms with Gasteiger partial charge in [-0.1, -0.05) is 6.07 Å². The van der Waals surface area contributed by atoms with Crippen molar-refractivity contribution in [2.45, 2.75) is 17.9 Å². The third kappa shape index (κ3) is 4.41. The van der Waals surface area contributed by atoms with E-state index < -0.39 is 15.8 Å². The number of nitrogens with two attached hydrogens (primary N) is 1. The number of hydrogen-bond donors (Lipinski definition) is 4. The summed E-state index contributed by atoms with van der Waals surface area (Å²) in [7, 11) is -2.82. The van der Waals surface area contributed by atoms with Crippen LogP contribution in [-0.4, -0.2) is 21.5 Å². The number of carbonyl (C=O) groups is 1. The molecule has 8 heteroatoms. The van der Waals surface area contributed by atoms with Crippen LogP contribution < -0.4 is 11.1 Å². The normalized spacial score (nSPS) is 14.2. The summed E-state index contributed by atoms with van der Waals surface area (Å²) in [5, 5.41) is 12.5. The molecule has 2 unspecified atom stereocenters. The lowest BCUT2D eigenvalue weighted by molar-refractivity contribution is 0.102. The van der Waals surface area contributed by atoms with E-state index >= 15 is 0 Å². The van der Waals surface area contributed by atoms with Crippen LogP contribution in [0.4, 0.5) is 11.4 Å². The van der Waals surface area contributed by atoms with Gasteiger partial charge < -0.3 is 16.2 Å². The van der Waals surface area contributed by atoms with Crippen LogP contribution in [-0.2, 0) is 9.73 Å². The largest absolute Gasteiger partial charge is 0.397 e. The predicted molar refractivity (Wildman–Crippen MR) is 114 cm³/mol. The first kappa shape index (κ1) is 20.1. The average Bonchev–Trinajstić information content (AvgIpc) is 3.13. The van der Waals surface area contributed by atoms with Gasteiger partial charge in [0.15, 0.2) is 0 Å². The zero-order chi connectivity index (χ0) is 20.5. The van der Waals surface area contributed by atoms with Gasteiger partial charge in [-0.25, -0.2) is 8.99 Å². The Balaban J connectivity index is 1.84. The maximum Gasteiger partial charge on any atom is 0.255 e. The Bertz CT molecular complexity index is 1120. The zero-order valence-corrected chi connectivity index (χ0v) is 17.1. The minimum absolute atomic E-state index is 0.348. The van der Waals surface area contributed by atoms with Gasteiger partial charge in [0.05, 0.1) is 27.2 Å². The molecule has 1 amide bonds. The lowest BCUT2D eigenvalue weighted by atomic mass is 10.1. The number of anilines is 2. The molecule has 0 bridgehead atoms. The first-order chi connectivity index (χ1) is 13.1. The number of rotatable bonds is 5. The van der Waals surface area contributed by atoms with E-state index in [1.54, 1.807) is 19.1 Å². The van der Waals surface area contributed by atoms with Crippen LogP contribution in [0.5, 0.6) is 0 Å². The highest BCUT2D eigenvalue weighted by Gasteiger charge is 2.12. The van der Waals surface area contributed by atoms with Crippen molar-refractivity contribution in [1.29, 1.82) is 4.78 Å². The molecule has 5 N–H and O–H groups in total. The second-order valence-electron chi connectivity index (χ2n) is 6.50. The van der Waals surface area contributed by atoms with Gasteiger partial charge in [-0.2, -0.15) is 0 Å². The minimum Gasteiger partial charge on any atom is -0.397 e. The van der Waals surface area contributed by atoms with Crippen molar-refractivity contribution >= 4 is 38.3 Å². The Morgan fingerprint density at radius 1 is 1.18 bits per heavy atom. The Hall–Kier alpha value is -2.68. The molecule has 0 spiro atoms. The van der Waals surface area contributed by atoms with Crippen LogP contribution in [0, 0.1) is 4.78 Å². The molecule has 1 aromatic heterocycles. The Morgan fingerprint density at radius 3 is 2.43 bits per heavy atom. The Morgan fingerprint density at radius 2 is 1.86 bits per heavy atom. The highest BCUT2D eigenvalue weighted by molar-refractivity contribution is 7.91. The second kappa shape index (κ2) is 7.75. The molecule has 146 valence electrons. The first-order valence-electron chi connectivity index (χ1n) is 8.48. The fourth-order valence-corrected chi connectivity index (χ4v) is 4.21. The number of nitrogen functional groups attached to an aromatic ring is 1. The van der Waals surface area contributed by atoms with Gasteiger partial charge in [0.2, 0.25) is 0 Å². The molecule has 6 nitrogen and oxygen atoms in total. The molecule has 0 aliphatic heterocycles. The zero-order valence-electron chi connectivity index (χ0n) is 15.4. The summed E-state index contributed by atoms with van der Waals surface area (Å²) in [6.45, 7) is 1.72. The van der Waals surface area contributed by atoms with Crippen molar-refractivity contribution in [2.75, 3.05) is 17.3 Å². The molecule has 2 atom stereocenters. The smallest absolute Gasteiger partial charge is 0.255 e. The molecule has 1 heterocycles. The van der Waals surface area contributed by atoms with Crippen molar-refractivity contribution < 1.29 is 14.1 Å². The quantitative estimate of drug-likeness (QED) is 0.464. The molecule has 0 saturated carbocycles. The van der Waals surface area contributed by atoms with Gasteiger partial charge in [0, 0.05) is 26.5 Å². The SMILES string of the molecule is CC(O)c1ccc(-c2ccc(N)c(NC(=O)c3ccc(S(C)(=N)=O)cc3)c2)s1. The van der Waals surface area contributed by atoms with Crippen LogP contribution in [0.15, 0.2) is 59.5 Å². The van der Waals surface area contributed by atoms with Crippen molar-refractivity contribution in [1.82, 2.24) is 0 Å². The minimum atomic E-state index is -2.82. The number of nitrogens with one attached hydrogen (secondary N) is 2. The highest BCUT2D eigenvalue weighted by atomic mass is 32.2. The van der Waals surface area contributed by atoms with Gasteiger partial charge in [-0.05, 0) is 61.0 Å². The van der Waals surface area contributed by atoms with E-state index in [1.165, 1.54) is 41.9 Å². The molecular formula is C20H21N3O3S2. The van der Waals surface area contributed by atoms with Crippen LogP contribution in [0.1, 0.15) is 28.3 Å². The third-order valence-corrected chi connectivity index (χ3v) is 6.67. The first-order valence-corrected chi connectivity index (χ1v) is 11.3. The van der Waals surface area contributed by atoms with Gasteiger partial charge in [-0.3, -0.25) is 4.79 Å². The van der Waals surface area contributed by atoms with Gasteiger partial charge >= 0.3 is 0 Å². The molecule has 3 rings (SSSR count). The molecule has 0 radical (unpaired) electrons. The number of aliphatic hydroxyl groups excluding tert-OH is 1. The second-order valence-corrected chi connectivity index (χ2v) is 9.78. The van der Waals surface area contributed by atoms with E-state index in [1.807, 2.05) is 18.2 Å². The lowest BCUT2D eigenvalue weighted by Crippen LogP contribution is -2.13. The third-order valence-electron chi connectivity index (χ3n) is 4.19. The molecule has 0 fully saturated rings. The van der Waals surface area contributed by atoms with Crippen LogP contribution in [0.25, 0.3) is 10.4 Å². The average molecular weight is 416 g/mol. The lowest BCUT2D eigenvalue weighted by Gasteiger charge is -2.10. The summed E-state index contributed by atoms with van der Waals surface area (Å²) >= 11 is 1.48. The van der Waals surface area contributed by atoms with Crippen molar-refractivity contribution in [2.24, 2.45) is 0 Å². The van der Waals surface area contributed by atoms with Crippen molar-refractivity contribution in [3.8, 4) is 10.4 Å². The number of hydrogen-bond acceptors (Lipinski definition) is 6. The number of aliphatic hydroxyl groups is 1. The summed E-state index contributed by atoms with van der Waals surface area (Å²) in [4.78, 5) is 14.7. The van der Waals surface area contributed by atoms with E-state index in [0.29, 0.717) is 21.8 Å². The van der Waals surface area contributed by atoms with Crippen LogP contribution in [0.3, 0.4) is 0 Å². The summed E-state index contributed by atoms with van der Waals surface area (Å²) < 4.78 is 19.3. The number of amides is 1. The molecule has 2 aromatic carbocycles. The molecule has 0 aliphatic carbocycles. The maximum atomic E-state index is 12.6. The van der Waals surface area contributed by atoms with Crippen LogP contribution in [0.2, 0.25) is 0 Å². The summed E-state index contributed by atoms with van der Waals surface area (Å²) in [6, 6.07) is 15.3. The van der Waals surface area contributed by atoms with Gasteiger partial charge in [0.25, 0.3) is 5.91 Å². The van der Waals surface area contributed by atoms with Gasteiger partial charge in [0.1, 0.15) is 0 Å². The fraction of sp³-hybridized carbons (Fsp3) is 0.150. The van der Waals surface area contributed by atoms with E-state index in [-0.39, 0.29) is 5.91 Å². The standard InChI is InChI=1S/C20H21N3O3S2/c1-12(24)18-9-10-19(27-18)14-5-8-16(21)17(11-14)23-20(25)13-3-6-15(7-4-13)28(2,22)26/h3-12,22,24H,21H2,1-2H3,(H,23,25). The monoisotopic (exact) mass is 415 g/mol. The van der Waals surface area contributed by atoms with Gasteiger partial charge in [-0.15, -0.1) is 11.3 Å². The fourth-order valence-electron chi connectivity index (χ4n) is 2.61. The predicted octanol–water partition coefficient (Wildman–Crippen LogP) is 4.34. The Labute approximate surface area is 168 Å².